The number of carbonyl (C=O) groups excluding carboxylic acids is 1. The number of hydrogen-bond acceptors (Lipinski definition) is 2. The van der Waals surface area contributed by atoms with E-state index in [0.29, 0.717) is 6.42 Å². The van der Waals surface area contributed by atoms with Gasteiger partial charge in [-0.05, 0) is 57.5 Å². The van der Waals surface area contributed by atoms with Gasteiger partial charge in [0.15, 0.2) is 17.4 Å². The summed E-state index contributed by atoms with van der Waals surface area (Å²) >= 11 is 0. The van der Waals surface area contributed by atoms with Crippen LogP contribution in [0.1, 0.15) is 43.5 Å². The van der Waals surface area contributed by atoms with Crippen LogP contribution in [0.5, 0.6) is 0 Å². The molecule has 1 aliphatic heterocycles. The standard InChI is InChI=1S/C15H19F2NO/c1-3-15(2,18-8-4-5-9-18)14(19)11-6-7-12(16)13(17)10-11/h6-7,10H,3-5,8-9H2,1-2H3. The highest BCUT2D eigenvalue weighted by Gasteiger charge is 2.39. The van der Waals surface area contributed by atoms with Gasteiger partial charge in [0.2, 0.25) is 0 Å². The van der Waals surface area contributed by atoms with Crippen LogP contribution >= 0.6 is 0 Å². The topological polar surface area (TPSA) is 20.3 Å². The Kier molecular flexibility index (Phi) is 3.99. The van der Waals surface area contributed by atoms with E-state index in [2.05, 4.69) is 4.90 Å². The Morgan fingerprint density at radius 1 is 1.26 bits per heavy atom. The van der Waals surface area contributed by atoms with Gasteiger partial charge in [0.05, 0.1) is 5.54 Å². The molecule has 0 saturated carbocycles. The summed E-state index contributed by atoms with van der Waals surface area (Å²) in [6, 6.07) is 3.38. The number of ketones is 1. The number of rotatable bonds is 4. The number of Topliss-reactive ketones (excluding diaryl/α,β-unsaturated/α-hetero) is 1. The second-order valence-electron chi connectivity index (χ2n) is 5.28. The average Bonchev–Trinajstić information content (AvgIpc) is 2.94. The molecule has 0 amide bonds. The van der Waals surface area contributed by atoms with Gasteiger partial charge in [0, 0.05) is 5.56 Å². The molecule has 0 radical (unpaired) electrons. The molecule has 104 valence electrons. The Morgan fingerprint density at radius 2 is 1.89 bits per heavy atom. The van der Waals surface area contributed by atoms with E-state index in [9.17, 15) is 13.6 Å². The quantitative estimate of drug-likeness (QED) is 0.779. The summed E-state index contributed by atoms with van der Waals surface area (Å²) in [7, 11) is 0. The molecule has 19 heavy (non-hydrogen) atoms. The number of benzene rings is 1. The summed E-state index contributed by atoms with van der Waals surface area (Å²) in [6.07, 6.45) is 2.83. The molecule has 0 bridgehead atoms. The monoisotopic (exact) mass is 267 g/mol. The van der Waals surface area contributed by atoms with E-state index < -0.39 is 17.2 Å². The number of carbonyl (C=O) groups is 1. The van der Waals surface area contributed by atoms with Crippen molar-refractivity contribution >= 4 is 5.78 Å². The van der Waals surface area contributed by atoms with Gasteiger partial charge < -0.3 is 0 Å². The van der Waals surface area contributed by atoms with Crippen LogP contribution < -0.4 is 0 Å². The first kappa shape index (κ1) is 14.1. The number of likely N-dealkylation sites (tertiary alicyclic amines) is 1. The summed E-state index contributed by atoms with van der Waals surface area (Å²) in [5.41, 5.74) is -0.379. The summed E-state index contributed by atoms with van der Waals surface area (Å²) in [6.45, 7) is 5.62. The molecule has 0 aliphatic carbocycles. The molecule has 0 spiro atoms. The summed E-state index contributed by atoms with van der Waals surface area (Å²) < 4.78 is 26.2. The summed E-state index contributed by atoms with van der Waals surface area (Å²) in [5, 5.41) is 0. The van der Waals surface area contributed by atoms with Gasteiger partial charge in [-0.15, -0.1) is 0 Å². The van der Waals surface area contributed by atoms with Gasteiger partial charge >= 0.3 is 0 Å². The third-order valence-corrected chi connectivity index (χ3v) is 4.16. The fourth-order valence-corrected chi connectivity index (χ4v) is 2.69. The lowest BCUT2D eigenvalue weighted by atomic mass is 9.87. The second kappa shape index (κ2) is 5.37. The van der Waals surface area contributed by atoms with E-state index >= 15 is 0 Å². The highest BCUT2D eigenvalue weighted by atomic mass is 19.2. The minimum Gasteiger partial charge on any atom is -0.292 e. The Balaban J connectivity index is 2.31. The zero-order valence-electron chi connectivity index (χ0n) is 11.4. The predicted octanol–water partition coefficient (Wildman–Crippen LogP) is 3.41. The van der Waals surface area contributed by atoms with Gasteiger partial charge in [-0.2, -0.15) is 0 Å². The molecule has 4 heteroatoms. The SMILES string of the molecule is CCC(C)(C(=O)c1ccc(F)c(F)c1)N1CCCC1. The van der Waals surface area contributed by atoms with Crippen molar-refractivity contribution in [2.45, 2.75) is 38.6 Å². The highest BCUT2D eigenvalue weighted by Crippen LogP contribution is 2.28. The van der Waals surface area contributed by atoms with Crippen molar-refractivity contribution in [3.63, 3.8) is 0 Å². The van der Waals surface area contributed by atoms with Crippen LogP contribution in [-0.4, -0.2) is 29.3 Å². The van der Waals surface area contributed by atoms with Gasteiger partial charge in [-0.3, -0.25) is 9.69 Å². The largest absolute Gasteiger partial charge is 0.292 e. The van der Waals surface area contributed by atoms with Crippen molar-refractivity contribution in [3.05, 3.63) is 35.4 Å². The zero-order valence-corrected chi connectivity index (χ0v) is 11.4. The van der Waals surface area contributed by atoms with E-state index in [1.165, 1.54) is 6.07 Å². The smallest absolute Gasteiger partial charge is 0.182 e. The molecular formula is C15H19F2NO. The third kappa shape index (κ3) is 2.54. The van der Waals surface area contributed by atoms with Crippen molar-refractivity contribution < 1.29 is 13.6 Å². The van der Waals surface area contributed by atoms with E-state index in [0.717, 1.165) is 38.1 Å². The lowest BCUT2D eigenvalue weighted by Gasteiger charge is -2.36. The van der Waals surface area contributed by atoms with Crippen LogP contribution in [0.25, 0.3) is 0 Å². The van der Waals surface area contributed by atoms with E-state index in [-0.39, 0.29) is 11.3 Å². The van der Waals surface area contributed by atoms with Crippen LogP contribution in [0, 0.1) is 11.6 Å². The molecule has 1 heterocycles. The lowest BCUT2D eigenvalue weighted by Crippen LogP contribution is -2.50. The Morgan fingerprint density at radius 3 is 2.42 bits per heavy atom. The fraction of sp³-hybridized carbons (Fsp3) is 0.533. The normalized spacial score (nSPS) is 19.4. The van der Waals surface area contributed by atoms with Crippen LogP contribution in [0.15, 0.2) is 18.2 Å². The molecule has 1 aliphatic rings. The average molecular weight is 267 g/mol. The molecular weight excluding hydrogens is 248 g/mol. The number of halogens is 2. The van der Waals surface area contributed by atoms with Crippen molar-refractivity contribution in [2.75, 3.05) is 13.1 Å². The lowest BCUT2D eigenvalue weighted by molar-refractivity contribution is 0.0647. The maximum atomic E-state index is 13.3. The first-order valence-electron chi connectivity index (χ1n) is 6.74. The van der Waals surface area contributed by atoms with Crippen molar-refractivity contribution in [1.29, 1.82) is 0 Å². The molecule has 0 N–H and O–H groups in total. The third-order valence-electron chi connectivity index (χ3n) is 4.16. The van der Waals surface area contributed by atoms with Gasteiger partial charge in [-0.25, -0.2) is 8.78 Å². The molecule has 1 aromatic carbocycles. The second-order valence-corrected chi connectivity index (χ2v) is 5.28. The molecule has 1 unspecified atom stereocenters. The minimum absolute atomic E-state index is 0.129. The van der Waals surface area contributed by atoms with Crippen LogP contribution in [-0.2, 0) is 0 Å². The van der Waals surface area contributed by atoms with Crippen LogP contribution in [0.3, 0.4) is 0 Å². The Labute approximate surface area is 112 Å². The first-order valence-corrected chi connectivity index (χ1v) is 6.74. The molecule has 2 nitrogen and oxygen atoms in total. The van der Waals surface area contributed by atoms with Crippen LogP contribution in [0.2, 0.25) is 0 Å². The molecule has 0 aromatic heterocycles. The number of hydrogen-bond donors (Lipinski definition) is 0. The van der Waals surface area contributed by atoms with E-state index in [1.54, 1.807) is 0 Å². The number of nitrogens with zero attached hydrogens (tertiary/aromatic N) is 1. The molecule has 1 saturated heterocycles. The fourth-order valence-electron chi connectivity index (χ4n) is 2.69. The summed E-state index contributed by atoms with van der Waals surface area (Å²) in [5.74, 6) is -2.02. The molecule has 1 aromatic rings. The summed E-state index contributed by atoms with van der Waals surface area (Å²) in [4.78, 5) is 14.8. The van der Waals surface area contributed by atoms with E-state index in [1.807, 2.05) is 13.8 Å². The van der Waals surface area contributed by atoms with Gasteiger partial charge in [0.1, 0.15) is 0 Å². The highest BCUT2D eigenvalue weighted by molar-refractivity contribution is 6.03. The Bertz CT molecular complexity index is 483. The Hall–Kier alpha value is -1.29. The molecule has 1 atom stereocenters. The molecule has 1 fully saturated rings. The van der Waals surface area contributed by atoms with Gasteiger partial charge in [0.25, 0.3) is 0 Å². The zero-order chi connectivity index (χ0) is 14.0. The minimum atomic E-state index is -0.967. The molecule has 2 rings (SSSR count). The van der Waals surface area contributed by atoms with Crippen molar-refractivity contribution in [3.8, 4) is 0 Å². The van der Waals surface area contributed by atoms with Crippen molar-refractivity contribution in [2.24, 2.45) is 0 Å². The maximum absolute atomic E-state index is 13.3. The van der Waals surface area contributed by atoms with Crippen LogP contribution in [0.4, 0.5) is 8.78 Å². The van der Waals surface area contributed by atoms with E-state index in [4.69, 9.17) is 0 Å². The van der Waals surface area contributed by atoms with Crippen molar-refractivity contribution in [1.82, 2.24) is 4.90 Å². The maximum Gasteiger partial charge on any atom is 0.182 e. The van der Waals surface area contributed by atoms with Gasteiger partial charge in [-0.1, -0.05) is 6.92 Å². The predicted molar refractivity (Wildman–Crippen MR) is 70.2 cm³/mol. The first-order chi connectivity index (χ1) is 8.99.